The summed E-state index contributed by atoms with van der Waals surface area (Å²) in [5, 5.41) is 16.5. The SMILES string of the molecule is CC1CC2CC(C)CC2(c2ccc(Nc3ccc(Nc4cc(C(=O)O)ccn4)cc3)c(Cl)c2)C1. The van der Waals surface area contributed by atoms with E-state index in [1.807, 2.05) is 24.3 Å². The molecule has 2 aliphatic carbocycles. The first-order valence-electron chi connectivity index (χ1n) is 12.0. The number of hydrogen-bond donors (Lipinski definition) is 3. The quantitative estimate of drug-likeness (QED) is 0.341. The largest absolute Gasteiger partial charge is 0.478 e. The monoisotopic (exact) mass is 475 g/mol. The normalized spacial score (nSPS) is 25.7. The van der Waals surface area contributed by atoms with E-state index in [1.165, 1.54) is 49.6 Å². The molecular weight excluding hydrogens is 446 g/mol. The number of nitrogens with one attached hydrogen (secondary N) is 2. The van der Waals surface area contributed by atoms with Crippen molar-refractivity contribution in [3.8, 4) is 0 Å². The van der Waals surface area contributed by atoms with Crippen LogP contribution in [0.4, 0.5) is 22.9 Å². The molecule has 3 N–H and O–H groups in total. The van der Waals surface area contributed by atoms with Gasteiger partial charge in [0, 0.05) is 17.6 Å². The molecule has 0 bridgehead atoms. The number of benzene rings is 2. The fourth-order valence-electron chi connectivity index (χ4n) is 6.32. The number of rotatable bonds is 6. The summed E-state index contributed by atoms with van der Waals surface area (Å²) < 4.78 is 0. The van der Waals surface area contributed by atoms with E-state index in [-0.39, 0.29) is 5.56 Å². The molecule has 6 heteroatoms. The van der Waals surface area contributed by atoms with E-state index >= 15 is 0 Å². The number of nitrogens with zero attached hydrogens (tertiary/aromatic N) is 1. The fraction of sp³-hybridized carbons (Fsp3) is 0.357. The van der Waals surface area contributed by atoms with Gasteiger partial charge in [-0.15, -0.1) is 0 Å². The average molecular weight is 476 g/mol. The van der Waals surface area contributed by atoms with Gasteiger partial charge >= 0.3 is 5.97 Å². The molecule has 0 aliphatic heterocycles. The first kappa shape index (κ1) is 22.7. The Hall–Kier alpha value is -3.05. The molecule has 5 rings (SSSR count). The number of carbonyl (C=O) groups is 1. The van der Waals surface area contributed by atoms with Crippen LogP contribution in [0.3, 0.4) is 0 Å². The van der Waals surface area contributed by atoms with E-state index in [0.717, 1.165) is 39.8 Å². The number of hydrogen-bond acceptors (Lipinski definition) is 4. The van der Waals surface area contributed by atoms with Crippen LogP contribution in [0.15, 0.2) is 60.8 Å². The van der Waals surface area contributed by atoms with Gasteiger partial charge in [-0.25, -0.2) is 9.78 Å². The zero-order chi connectivity index (χ0) is 23.9. The molecule has 1 heterocycles. The standard InChI is InChI=1S/C28H30ClN3O2/c1-17-11-21-12-18(2)16-28(21,15-17)20-3-8-25(24(29)14-20)31-22-4-6-23(7-5-22)32-26-13-19(27(33)34)9-10-30-26/h3-10,13-14,17-18,21,31H,11-12,15-16H2,1-2H3,(H,30,32)(H,33,34). The van der Waals surface area contributed by atoms with Gasteiger partial charge in [0.05, 0.1) is 16.3 Å². The van der Waals surface area contributed by atoms with E-state index in [9.17, 15) is 4.79 Å². The van der Waals surface area contributed by atoms with E-state index in [1.54, 1.807) is 0 Å². The lowest BCUT2D eigenvalue weighted by molar-refractivity contribution is 0.0697. The topological polar surface area (TPSA) is 74.2 Å². The van der Waals surface area contributed by atoms with Gasteiger partial charge in [-0.2, -0.15) is 0 Å². The molecular formula is C28H30ClN3O2. The summed E-state index contributed by atoms with van der Waals surface area (Å²) in [4.78, 5) is 15.3. The van der Waals surface area contributed by atoms with Crippen molar-refractivity contribution in [3.63, 3.8) is 0 Å². The van der Waals surface area contributed by atoms with Crippen molar-refractivity contribution in [2.75, 3.05) is 10.6 Å². The molecule has 2 saturated carbocycles. The van der Waals surface area contributed by atoms with Crippen LogP contribution in [0.25, 0.3) is 0 Å². The number of halogens is 1. The minimum Gasteiger partial charge on any atom is -0.478 e. The number of aromatic carboxylic acids is 1. The van der Waals surface area contributed by atoms with Crippen molar-refractivity contribution < 1.29 is 9.90 Å². The maximum absolute atomic E-state index is 11.2. The molecule has 34 heavy (non-hydrogen) atoms. The number of carboxylic acids is 1. The first-order valence-corrected chi connectivity index (χ1v) is 12.3. The zero-order valence-electron chi connectivity index (χ0n) is 19.5. The molecule has 2 aliphatic rings. The zero-order valence-corrected chi connectivity index (χ0v) is 20.3. The summed E-state index contributed by atoms with van der Waals surface area (Å²) in [6.45, 7) is 4.78. The summed E-state index contributed by atoms with van der Waals surface area (Å²) in [6.07, 6.45) is 6.68. The maximum Gasteiger partial charge on any atom is 0.335 e. The Balaban J connectivity index is 1.30. The van der Waals surface area contributed by atoms with Crippen LogP contribution >= 0.6 is 11.6 Å². The second-order valence-electron chi connectivity index (χ2n) is 10.2. The van der Waals surface area contributed by atoms with Crippen LogP contribution in [-0.4, -0.2) is 16.1 Å². The Bertz CT molecular complexity index is 1200. The molecule has 2 aromatic carbocycles. The van der Waals surface area contributed by atoms with Gasteiger partial charge in [0.25, 0.3) is 0 Å². The minimum absolute atomic E-state index is 0.193. The molecule has 0 spiro atoms. The number of pyridine rings is 1. The molecule has 2 fully saturated rings. The molecule has 2 unspecified atom stereocenters. The molecule has 0 saturated heterocycles. The minimum atomic E-state index is -0.979. The number of aromatic nitrogens is 1. The lowest BCUT2D eigenvalue weighted by atomic mass is 9.73. The van der Waals surface area contributed by atoms with Crippen LogP contribution < -0.4 is 10.6 Å². The predicted molar refractivity (Wildman–Crippen MR) is 138 cm³/mol. The van der Waals surface area contributed by atoms with Gasteiger partial charge in [0.1, 0.15) is 5.82 Å². The smallest absolute Gasteiger partial charge is 0.335 e. The number of anilines is 4. The van der Waals surface area contributed by atoms with E-state index in [2.05, 4.69) is 47.7 Å². The van der Waals surface area contributed by atoms with E-state index in [4.69, 9.17) is 16.7 Å². The lowest BCUT2D eigenvalue weighted by Crippen LogP contribution is -2.25. The van der Waals surface area contributed by atoms with Gasteiger partial charge < -0.3 is 15.7 Å². The van der Waals surface area contributed by atoms with E-state index < -0.39 is 5.97 Å². The molecule has 5 nitrogen and oxygen atoms in total. The van der Waals surface area contributed by atoms with Crippen molar-refractivity contribution in [3.05, 3.63) is 76.9 Å². The fourth-order valence-corrected chi connectivity index (χ4v) is 6.54. The highest BCUT2D eigenvalue weighted by Crippen LogP contribution is 2.59. The van der Waals surface area contributed by atoms with Crippen molar-refractivity contribution >= 4 is 40.5 Å². The van der Waals surface area contributed by atoms with Gasteiger partial charge in [-0.3, -0.25) is 0 Å². The summed E-state index contributed by atoms with van der Waals surface area (Å²) in [5.74, 6) is 1.84. The van der Waals surface area contributed by atoms with Gasteiger partial charge in [0.2, 0.25) is 0 Å². The molecule has 3 aromatic rings. The molecule has 176 valence electrons. The van der Waals surface area contributed by atoms with Gasteiger partial charge in [0.15, 0.2) is 0 Å². The third kappa shape index (κ3) is 4.37. The predicted octanol–water partition coefficient (Wildman–Crippen LogP) is 7.63. The highest BCUT2D eigenvalue weighted by atomic mass is 35.5. The summed E-state index contributed by atoms with van der Waals surface area (Å²) in [7, 11) is 0. The molecule has 2 atom stereocenters. The van der Waals surface area contributed by atoms with Gasteiger partial charge in [-0.05, 0) is 103 Å². The van der Waals surface area contributed by atoms with Crippen molar-refractivity contribution in [2.45, 2.75) is 44.9 Å². The van der Waals surface area contributed by atoms with E-state index in [0.29, 0.717) is 11.2 Å². The summed E-state index contributed by atoms with van der Waals surface area (Å²) >= 11 is 6.77. The summed E-state index contributed by atoms with van der Waals surface area (Å²) in [6, 6.07) is 17.3. The van der Waals surface area contributed by atoms with Crippen molar-refractivity contribution in [1.82, 2.24) is 4.98 Å². The highest BCUT2D eigenvalue weighted by molar-refractivity contribution is 6.33. The Morgan fingerprint density at radius 3 is 2.24 bits per heavy atom. The molecule has 0 amide bonds. The Kier molecular flexibility index (Phi) is 5.98. The van der Waals surface area contributed by atoms with Gasteiger partial charge in [-0.1, -0.05) is 31.5 Å². The highest BCUT2D eigenvalue weighted by Gasteiger charge is 2.51. The Morgan fingerprint density at radius 2 is 1.62 bits per heavy atom. The Morgan fingerprint density at radius 1 is 0.971 bits per heavy atom. The van der Waals surface area contributed by atoms with Crippen LogP contribution in [0.2, 0.25) is 5.02 Å². The lowest BCUT2D eigenvalue weighted by Gasteiger charge is -2.31. The second-order valence-corrected chi connectivity index (χ2v) is 10.6. The third-order valence-electron chi connectivity index (χ3n) is 7.57. The van der Waals surface area contributed by atoms with Crippen LogP contribution in [0.1, 0.15) is 55.5 Å². The van der Waals surface area contributed by atoms with Crippen molar-refractivity contribution in [1.29, 1.82) is 0 Å². The number of fused-ring (bicyclic) bond motifs is 1. The van der Waals surface area contributed by atoms with Crippen LogP contribution in [0, 0.1) is 17.8 Å². The molecule has 0 radical (unpaired) electrons. The first-order chi connectivity index (χ1) is 16.3. The Labute approximate surface area is 205 Å². The average Bonchev–Trinajstić information content (AvgIpc) is 3.28. The molecule has 1 aromatic heterocycles. The van der Waals surface area contributed by atoms with Crippen molar-refractivity contribution in [2.24, 2.45) is 17.8 Å². The summed E-state index contributed by atoms with van der Waals surface area (Å²) in [5.41, 5.74) is 4.52. The third-order valence-corrected chi connectivity index (χ3v) is 7.88. The second kappa shape index (κ2) is 8.95. The van der Waals surface area contributed by atoms with Crippen LogP contribution in [0.5, 0.6) is 0 Å². The van der Waals surface area contributed by atoms with Crippen LogP contribution in [-0.2, 0) is 5.41 Å². The maximum atomic E-state index is 11.2. The number of carboxylic acid groups (broad SMARTS) is 1.